The number of nitriles is 1. The Morgan fingerprint density at radius 3 is 2.41 bits per heavy atom. The molecule has 0 aliphatic rings. The third kappa shape index (κ3) is 5.51. The van der Waals surface area contributed by atoms with E-state index in [2.05, 4.69) is 25.4 Å². The summed E-state index contributed by atoms with van der Waals surface area (Å²) in [7, 11) is -4.58. The predicted molar refractivity (Wildman–Crippen MR) is 120 cm³/mol. The van der Waals surface area contributed by atoms with Crippen LogP contribution in [0.4, 0.5) is 13.8 Å². The van der Waals surface area contributed by atoms with Crippen LogP contribution in [0.1, 0.15) is 23.6 Å². The largest absolute Gasteiger partial charge is 0.449 e. The zero-order chi connectivity index (χ0) is 24.9. The fourth-order valence-electron chi connectivity index (χ4n) is 3.17. The second-order valence-corrected chi connectivity index (χ2v) is 9.64. The van der Waals surface area contributed by atoms with Gasteiger partial charge in [0.25, 0.3) is 0 Å². The van der Waals surface area contributed by atoms with Crippen LogP contribution in [-0.2, 0) is 31.5 Å². The van der Waals surface area contributed by atoms with Crippen molar-refractivity contribution in [3.8, 4) is 17.3 Å². The molecular formula is C21H17BrF2N3O6P. The molecule has 2 aromatic carbocycles. The first kappa shape index (κ1) is 25.5. The van der Waals surface area contributed by atoms with Gasteiger partial charge in [-0.05, 0) is 50.9 Å². The van der Waals surface area contributed by atoms with E-state index < -0.39 is 25.5 Å². The number of aromatic nitrogens is 2. The molecule has 1 heterocycles. The van der Waals surface area contributed by atoms with E-state index in [1.807, 2.05) is 6.07 Å². The maximum Gasteiger partial charge on any atom is 0.422 e. The number of imidazole rings is 1. The number of benzene rings is 2. The van der Waals surface area contributed by atoms with Crippen molar-refractivity contribution in [2.75, 3.05) is 6.61 Å². The van der Waals surface area contributed by atoms with E-state index in [1.165, 1.54) is 16.8 Å². The number of carbonyl (C=O) groups excluding carboxylic acids is 1. The highest BCUT2D eigenvalue weighted by atomic mass is 79.9. The highest BCUT2D eigenvalue weighted by Gasteiger charge is 2.29. The second-order valence-electron chi connectivity index (χ2n) is 6.97. The number of carbonyl (C=O) groups is 1. The van der Waals surface area contributed by atoms with Gasteiger partial charge in [-0.15, -0.1) is 9.46 Å². The Labute approximate surface area is 200 Å². The van der Waals surface area contributed by atoms with Crippen LogP contribution in [0.5, 0.6) is 0 Å². The molecule has 178 valence electrons. The summed E-state index contributed by atoms with van der Waals surface area (Å²) in [4.78, 5) is 25.3. The van der Waals surface area contributed by atoms with Gasteiger partial charge in [-0.1, -0.05) is 40.2 Å². The van der Waals surface area contributed by atoms with Crippen LogP contribution in [0.25, 0.3) is 11.3 Å². The number of halogens is 3. The van der Waals surface area contributed by atoms with Crippen LogP contribution in [0.3, 0.4) is 0 Å². The minimum absolute atomic E-state index is 0.0103. The lowest BCUT2D eigenvalue weighted by Gasteiger charge is -2.12. The van der Waals surface area contributed by atoms with Crippen molar-refractivity contribution in [2.24, 2.45) is 0 Å². The molecule has 0 saturated heterocycles. The van der Waals surface area contributed by atoms with E-state index in [-0.39, 0.29) is 18.7 Å². The molecule has 0 bridgehead atoms. The molecule has 0 radical (unpaired) electrons. The summed E-state index contributed by atoms with van der Waals surface area (Å²) >= 11 is 3.24. The highest BCUT2D eigenvalue weighted by molar-refractivity contribution is 9.10. The van der Waals surface area contributed by atoms with Crippen molar-refractivity contribution in [3.05, 3.63) is 80.3 Å². The number of nitrogens with zero attached hydrogens (tertiary/aromatic N) is 3. The summed E-state index contributed by atoms with van der Waals surface area (Å²) < 4.78 is 50.3. The molecule has 0 unspecified atom stereocenters. The molecule has 1 aromatic heterocycles. The van der Waals surface area contributed by atoms with Gasteiger partial charge in [-0.2, -0.15) is 5.26 Å². The molecule has 0 N–H and O–H groups in total. The lowest BCUT2D eigenvalue weighted by atomic mass is 10.1. The van der Waals surface area contributed by atoms with Crippen LogP contribution in [0.15, 0.2) is 57.9 Å². The van der Waals surface area contributed by atoms with Crippen LogP contribution in [-0.4, -0.2) is 21.8 Å². The molecule has 13 heteroatoms. The fourth-order valence-corrected chi connectivity index (χ4v) is 4.77. The van der Waals surface area contributed by atoms with Gasteiger partial charge in [0, 0.05) is 10.7 Å². The van der Waals surface area contributed by atoms with Crippen molar-refractivity contribution in [1.82, 2.24) is 9.13 Å². The summed E-state index contributed by atoms with van der Waals surface area (Å²) in [5.41, 5.74) is 1.56. The van der Waals surface area contributed by atoms with Crippen LogP contribution >= 0.6 is 23.5 Å². The smallest absolute Gasteiger partial charge is 0.422 e. The molecular weight excluding hydrogens is 539 g/mol. The summed E-state index contributed by atoms with van der Waals surface area (Å²) in [6.45, 7) is 1.70. The number of hydrogen-bond acceptors (Lipinski definition) is 7. The normalized spacial score (nSPS) is 11.3. The molecule has 0 aliphatic carbocycles. The Balaban J connectivity index is 2.02. The molecule has 34 heavy (non-hydrogen) atoms. The van der Waals surface area contributed by atoms with Gasteiger partial charge in [0.1, 0.15) is 0 Å². The topological polar surface area (TPSA) is 113 Å². The molecule has 0 amide bonds. The molecule has 0 atom stereocenters. The quantitative estimate of drug-likeness (QED) is 0.337. The lowest BCUT2D eigenvalue weighted by Crippen LogP contribution is -2.30. The van der Waals surface area contributed by atoms with Gasteiger partial charge in [0.15, 0.2) is 0 Å². The average molecular weight is 556 g/mol. The van der Waals surface area contributed by atoms with E-state index in [0.29, 0.717) is 26.9 Å². The summed E-state index contributed by atoms with van der Waals surface area (Å²) in [6, 6.07) is 13.0. The summed E-state index contributed by atoms with van der Waals surface area (Å²) in [6.07, 6.45) is -0.166. The molecule has 3 rings (SSSR count). The van der Waals surface area contributed by atoms with Gasteiger partial charge in [-0.25, -0.2) is 14.2 Å². The van der Waals surface area contributed by atoms with Crippen molar-refractivity contribution in [2.45, 2.75) is 19.6 Å². The second kappa shape index (κ2) is 10.9. The minimum Gasteiger partial charge on any atom is -0.449 e. The molecule has 0 saturated carbocycles. The van der Waals surface area contributed by atoms with E-state index in [9.17, 15) is 23.2 Å². The zero-order valence-electron chi connectivity index (χ0n) is 17.6. The van der Waals surface area contributed by atoms with E-state index in [4.69, 9.17) is 10.00 Å². The van der Waals surface area contributed by atoms with Crippen molar-refractivity contribution >= 4 is 29.6 Å². The first-order chi connectivity index (χ1) is 16.2. The van der Waals surface area contributed by atoms with Gasteiger partial charge in [0.2, 0.25) is 0 Å². The van der Waals surface area contributed by atoms with Crippen LogP contribution in [0, 0.1) is 11.3 Å². The molecule has 9 nitrogen and oxygen atoms in total. The number of ether oxygens (including phenoxy) is 1. The number of rotatable bonds is 8. The predicted octanol–water partition coefficient (Wildman–Crippen LogP) is 5.50. The van der Waals surface area contributed by atoms with Crippen molar-refractivity contribution in [3.63, 3.8) is 0 Å². The van der Waals surface area contributed by atoms with Crippen LogP contribution in [0.2, 0.25) is 0 Å². The van der Waals surface area contributed by atoms with Gasteiger partial charge < -0.3 is 4.74 Å². The monoisotopic (exact) mass is 555 g/mol. The van der Waals surface area contributed by atoms with Crippen LogP contribution < -0.4 is 5.69 Å². The molecule has 3 aromatic rings. The van der Waals surface area contributed by atoms with Crippen molar-refractivity contribution < 1.29 is 32.6 Å². The first-order valence-electron chi connectivity index (χ1n) is 9.72. The Morgan fingerprint density at radius 1 is 1.18 bits per heavy atom. The third-order valence-electron chi connectivity index (χ3n) is 4.79. The lowest BCUT2D eigenvalue weighted by molar-refractivity contribution is -0.0881. The van der Waals surface area contributed by atoms with E-state index in [1.54, 1.807) is 43.3 Å². The standard InChI is InChI=1S/C21H17BrF2N3O6P/c1-2-31-21(29)27-12-19(16-6-3-14(10-25)4-7-16)26(20(27)28)11-15-5-8-17(18(22)9-15)13-34(30,32-23)33-24/h3-9,12H,2,11,13H2,1H3. The molecule has 0 fully saturated rings. The minimum atomic E-state index is -4.58. The highest BCUT2D eigenvalue weighted by Crippen LogP contribution is 2.53. The molecule has 0 spiro atoms. The van der Waals surface area contributed by atoms with Gasteiger partial charge in [0.05, 0.1) is 36.6 Å². The Kier molecular flexibility index (Phi) is 8.17. The Bertz CT molecular complexity index is 1340. The zero-order valence-corrected chi connectivity index (χ0v) is 20.1. The van der Waals surface area contributed by atoms with E-state index in [0.717, 1.165) is 4.57 Å². The SMILES string of the molecule is CCOC(=O)n1cc(-c2ccc(C#N)cc2)n(Cc2ccc(CP(=O)(OF)OF)c(Br)c2)c1=O. The summed E-state index contributed by atoms with van der Waals surface area (Å²) in [5.74, 6) is 0. The number of hydrogen-bond donors (Lipinski definition) is 0. The Hall–Kier alpha value is -3.10. The maximum atomic E-state index is 13.0. The fraction of sp³-hybridized carbons (Fsp3) is 0.190. The summed E-state index contributed by atoms with van der Waals surface area (Å²) in [5, 5.41) is 9.03. The maximum absolute atomic E-state index is 13.0. The molecule has 0 aliphatic heterocycles. The third-order valence-corrected chi connectivity index (χ3v) is 6.67. The van der Waals surface area contributed by atoms with E-state index >= 15 is 0 Å². The van der Waals surface area contributed by atoms with Gasteiger partial charge in [-0.3, -0.25) is 9.13 Å². The average Bonchev–Trinajstić information content (AvgIpc) is 3.17. The van der Waals surface area contributed by atoms with Crippen molar-refractivity contribution in [1.29, 1.82) is 5.26 Å². The van der Waals surface area contributed by atoms with Gasteiger partial charge >= 0.3 is 19.4 Å². The first-order valence-corrected chi connectivity index (χ1v) is 12.2. The Morgan fingerprint density at radius 2 is 1.85 bits per heavy atom.